The first kappa shape index (κ1) is 25.5. The Bertz CT molecular complexity index is 1190. The van der Waals surface area contributed by atoms with Crippen molar-refractivity contribution in [1.82, 2.24) is 19.1 Å². The summed E-state index contributed by atoms with van der Waals surface area (Å²) in [6, 6.07) is -0.274. The van der Waals surface area contributed by atoms with Crippen LogP contribution in [0.4, 0.5) is 0 Å². The lowest BCUT2D eigenvalue weighted by molar-refractivity contribution is -0.0504. The van der Waals surface area contributed by atoms with Gasteiger partial charge < -0.3 is 34.5 Å². The predicted octanol–water partition coefficient (Wildman–Crippen LogP) is -1.23. The molecule has 0 unspecified atom stereocenters. The zero-order chi connectivity index (χ0) is 24.8. The van der Waals surface area contributed by atoms with E-state index in [1.165, 1.54) is 21.8 Å². The van der Waals surface area contributed by atoms with Crippen molar-refractivity contribution in [1.29, 1.82) is 0 Å². The topological polar surface area (TPSA) is 236 Å². The fraction of sp³-hybridized carbons (Fsp3) is 0.688. The van der Waals surface area contributed by atoms with Crippen LogP contribution in [0.2, 0.25) is 0 Å². The Kier molecular flexibility index (Phi) is 7.12. The minimum atomic E-state index is -4.82. The quantitative estimate of drug-likeness (QED) is 0.221. The zero-order valence-electron chi connectivity index (χ0n) is 17.5. The van der Waals surface area contributed by atoms with E-state index >= 15 is 0 Å². The summed E-state index contributed by atoms with van der Waals surface area (Å²) in [6.07, 6.45) is -1.43. The van der Waals surface area contributed by atoms with Crippen molar-refractivity contribution in [2.75, 3.05) is 13.2 Å². The molecular weight excluding hydrogens is 502 g/mol. The maximum Gasteiger partial charge on any atom is 0.469 e. The van der Waals surface area contributed by atoms with E-state index in [0.717, 1.165) is 0 Å². The Labute approximate surface area is 191 Å². The molecule has 1 aliphatic carbocycles. The van der Waals surface area contributed by atoms with E-state index < -0.39 is 52.4 Å². The lowest BCUT2D eigenvalue weighted by Gasteiger charge is -2.17. The molecule has 2 fully saturated rings. The minimum absolute atomic E-state index is 0.0300. The van der Waals surface area contributed by atoms with E-state index in [-0.39, 0.29) is 29.7 Å². The van der Waals surface area contributed by atoms with Gasteiger partial charge in [0.05, 0.1) is 19.5 Å². The number of ether oxygens (including phenoxy) is 1. The smallest absolute Gasteiger partial charge is 0.387 e. The van der Waals surface area contributed by atoms with Crippen LogP contribution >= 0.6 is 15.6 Å². The number of imidazole rings is 1. The van der Waals surface area contributed by atoms with Gasteiger partial charge in [0.15, 0.2) is 17.4 Å². The van der Waals surface area contributed by atoms with Crippen LogP contribution in [0.25, 0.3) is 11.2 Å². The molecule has 2 aromatic heterocycles. The number of hydrogen-bond donors (Lipinski definition) is 6. The number of hydrogen-bond acceptors (Lipinski definition) is 10. The number of aliphatic hydroxyl groups excluding tert-OH is 2. The van der Waals surface area contributed by atoms with Crippen molar-refractivity contribution in [3.8, 4) is 0 Å². The fourth-order valence-electron chi connectivity index (χ4n) is 4.29. The predicted molar refractivity (Wildman–Crippen MR) is 110 cm³/mol. The van der Waals surface area contributed by atoms with Gasteiger partial charge in [0.2, 0.25) is 0 Å². The van der Waals surface area contributed by atoms with Gasteiger partial charge >= 0.3 is 15.6 Å². The molecule has 0 amide bonds. The number of aliphatic hydroxyl groups is 2. The number of phosphoric ester groups is 2. The van der Waals surface area contributed by atoms with Gasteiger partial charge in [-0.15, -0.1) is 0 Å². The lowest BCUT2D eigenvalue weighted by atomic mass is 10.1. The highest BCUT2D eigenvalue weighted by molar-refractivity contribution is 7.46. The van der Waals surface area contributed by atoms with Crippen LogP contribution in [0.1, 0.15) is 31.5 Å². The molecule has 3 heterocycles. The molecule has 6 atom stereocenters. The van der Waals surface area contributed by atoms with Crippen LogP contribution in [0, 0.1) is 5.92 Å². The molecular formula is C16H24N4O12P2. The average Bonchev–Trinajstić information content (AvgIpc) is 3.44. The molecule has 2 aromatic rings. The summed E-state index contributed by atoms with van der Waals surface area (Å²) in [6.45, 7) is -0.813. The van der Waals surface area contributed by atoms with Crippen LogP contribution in [-0.2, 0) is 22.9 Å². The maximum atomic E-state index is 13.0. The molecule has 1 saturated heterocycles. The summed E-state index contributed by atoms with van der Waals surface area (Å²) >= 11 is 0. The second-order valence-electron chi connectivity index (χ2n) is 8.23. The highest BCUT2D eigenvalue weighted by Gasteiger charge is 2.45. The Hall–Kier alpha value is -1.55. The molecule has 2 aliphatic rings. The second kappa shape index (κ2) is 9.48. The summed E-state index contributed by atoms with van der Waals surface area (Å²) in [7, 11) is -9.40. The van der Waals surface area contributed by atoms with Gasteiger partial charge in [-0.05, 0) is 25.2 Å². The normalized spacial score (nSPS) is 30.4. The third-order valence-electron chi connectivity index (χ3n) is 5.91. The van der Waals surface area contributed by atoms with Gasteiger partial charge in [0, 0.05) is 6.04 Å². The van der Waals surface area contributed by atoms with Crippen LogP contribution in [-0.4, -0.2) is 80.4 Å². The number of aromatic nitrogens is 4. The summed E-state index contributed by atoms with van der Waals surface area (Å²) in [5.74, 6) is -0.145. The monoisotopic (exact) mass is 526 g/mol. The molecule has 34 heavy (non-hydrogen) atoms. The summed E-state index contributed by atoms with van der Waals surface area (Å²) in [5, 5.41) is 20.5. The van der Waals surface area contributed by atoms with Crippen molar-refractivity contribution in [3.05, 3.63) is 23.0 Å². The maximum absolute atomic E-state index is 13.0. The van der Waals surface area contributed by atoms with Gasteiger partial charge in [-0.25, -0.2) is 19.1 Å². The SMILES string of the molecule is O=c1c2ncn([C@@H]3O[C@H](COP(=O)(O)O)[C@@H](O)[C@H]3O)c2ncn1[C@H]1CC[C@@H](COP(=O)(O)O)C1. The summed E-state index contributed by atoms with van der Waals surface area (Å²) in [5.41, 5.74) is -0.439. The molecule has 0 radical (unpaired) electrons. The van der Waals surface area contributed by atoms with Gasteiger partial charge in [-0.1, -0.05) is 0 Å². The highest BCUT2D eigenvalue weighted by atomic mass is 31.2. The number of rotatable bonds is 8. The molecule has 18 heteroatoms. The molecule has 4 rings (SSSR count). The Morgan fingerprint density at radius 1 is 0.971 bits per heavy atom. The minimum Gasteiger partial charge on any atom is -0.387 e. The molecule has 0 spiro atoms. The summed E-state index contributed by atoms with van der Waals surface area (Å²) in [4.78, 5) is 56.7. The lowest BCUT2D eigenvalue weighted by Crippen LogP contribution is -2.33. The Morgan fingerprint density at radius 2 is 1.62 bits per heavy atom. The van der Waals surface area contributed by atoms with E-state index in [1.54, 1.807) is 0 Å². The first-order valence-electron chi connectivity index (χ1n) is 10.2. The molecule has 0 aromatic carbocycles. The van der Waals surface area contributed by atoms with E-state index in [0.29, 0.717) is 19.3 Å². The van der Waals surface area contributed by atoms with Crippen molar-refractivity contribution in [3.63, 3.8) is 0 Å². The largest absolute Gasteiger partial charge is 0.469 e. The third-order valence-corrected chi connectivity index (χ3v) is 6.88. The number of nitrogens with zero attached hydrogens (tertiary/aromatic N) is 4. The van der Waals surface area contributed by atoms with Gasteiger partial charge in [0.25, 0.3) is 5.56 Å². The standard InChI is InChI=1S/C16H24N4O12P2/c21-12-10(5-31-34(27,28)29)32-16(13(12)22)20-6-17-11-14(20)18-7-19(15(11)23)9-2-1-8(3-9)4-30-33(24,25)26/h6-10,12-13,16,21-22H,1-5H2,(H2,24,25,26)(H2,27,28,29)/t8-,9+,10-,12-,13-,16-/m1/s1. The fourth-order valence-corrected chi connectivity index (χ4v) is 5.04. The molecule has 1 aliphatic heterocycles. The Morgan fingerprint density at radius 3 is 2.29 bits per heavy atom. The van der Waals surface area contributed by atoms with E-state index in [4.69, 9.17) is 24.3 Å². The van der Waals surface area contributed by atoms with E-state index in [2.05, 4.69) is 19.0 Å². The van der Waals surface area contributed by atoms with Crippen molar-refractivity contribution in [2.24, 2.45) is 5.92 Å². The number of phosphoric acid groups is 2. The van der Waals surface area contributed by atoms with Crippen molar-refractivity contribution in [2.45, 2.75) is 49.8 Å². The van der Waals surface area contributed by atoms with Crippen LogP contribution in [0.3, 0.4) is 0 Å². The average molecular weight is 526 g/mol. The summed E-state index contributed by atoms with van der Waals surface area (Å²) < 4.78 is 38.8. The van der Waals surface area contributed by atoms with Gasteiger partial charge in [0.1, 0.15) is 24.6 Å². The third kappa shape index (κ3) is 5.48. The van der Waals surface area contributed by atoms with E-state index in [1.807, 2.05) is 0 Å². The zero-order valence-corrected chi connectivity index (χ0v) is 19.3. The molecule has 0 bridgehead atoms. The molecule has 190 valence electrons. The highest BCUT2D eigenvalue weighted by Crippen LogP contribution is 2.41. The van der Waals surface area contributed by atoms with Crippen LogP contribution in [0.5, 0.6) is 0 Å². The van der Waals surface area contributed by atoms with Crippen LogP contribution < -0.4 is 5.56 Å². The van der Waals surface area contributed by atoms with E-state index in [9.17, 15) is 24.1 Å². The molecule has 16 nitrogen and oxygen atoms in total. The molecule has 1 saturated carbocycles. The van der Waals surface area contributed by atoms with Gasteiger partial charge in [-0.3, -0.25) is 23.0 Å². The van der Waals surface area contributed by atoms with Crippen LogP contribution in [0.15, 0.2) is 17.4 Å². The first-order chi connectivity index (χ1) is 15.8. The van der Waals surface area contributed by atoms with Crippen molar-refractivity contribution < 1.29 is 52.7 Å². The Balaban J connectivity index is 1.51. The number of fused-ring (bicyclic) bond motifs is 1. The first-order valence-corrected chi connectivity index (χ1v) is 13.3. The molecule has 6 N–H and O–H groups in total. The second-order valence-corrected chi connectivity index (χ2v) is 10.7. The van der Waals surface area contributed by atoms with Crippen molar-refractivity contribution >= 4 is 26.8 Å². The van der Waals surface area contributed by atoms with Gasteiger partial charge in [-0.2, -0.15) is 0 Å².